The van der Waals surface area contributed by atoms with Crippen molar-refractivity contribution in [2.75, 3.05) is 0 Å². The van der Waals surface area contributed by atoms with Gasteiger partial charge in [-0.15, -0.1) is 0 Å². The molecule has 0 aliphatic carbocycles. The number of carbonyl (C=O) groups is 1. The summed E-state index contributed by atoms with van der Waals surface area (Å²) in [6.07, 6.45) is 0.540. The van der Waals surface area contributed by atoms with Gasteiger partial charge < -0.3 is 5.32 Å². The van der Waals surface area contributed by atoms with Crippen molar-refractivity contribution in [2.24, 2.45) is 0 Å². The first-order chi connectivity index (χ1) is 9.97. The standard InChI is InChI=1S/C16H14BrF2NO/c1-10(9-11-5-7-12(18)8-6-11)20-16(21)15-13(17)3-2-4-14(15)19/h2-8,10H,9H2,1H3,(H,20,21). The summed E-state index contributed by atoms with van der Waals surface area (Å²) in [4.78, 5) is 12.1. The Kier molecular flexibility index (Phi) is 5.07. The van der Waals surface area contributed by atoms with E-state index in [4.69, 9.17) is 0 Å². The van der Waals surface area contributed by atoms with Crippen LogP contribution in [0.25, 0.3) is 0 Å². The Balaban J connectivity index is 2.04. The van der Waals surface area contributed by atoms with Gasteiger partial charge in [-0.05, 0) is 59.1 Å². The summed E-state index contributed by atoms with van der Waals surface area (Å²) in [5.41, 5.74) is 0.889. The number of amides is 1. The average Bonchev–Trinajstić information content (AvgIpc) is 2.41. The van der Waals surface area contributed by atoms with Gasteiger partial charge in [-0.25, -0.2) is 8.78 Å². The molecule has 1 N–H and O–H groups in total. The summed E-state index contributed by atoms with van der Waals surface area (Å²) < 4.78 is 26.9. The number of halogens is 3. The van der Waals surface area contributed by atoms with E-state index in [9.17, 15) is 13.6 Å². The highest BCUT2D eigenvalue weighted by atomic mass is 79.9. The third kappa shape index (κ3) is 4.11. The van der Waals surface area contributed by atoms with Crippen molar-refractivity contribution in [1.82, 2.24) is 5.32 Å². The molecule has 1 amide bonds. The number of benzene rings is 2. The van der Waals surface area contributed by atoms with Crippen LogP contribution < -0.4 is 5.32 Å². The minimum atomic E-state index is -0.573. The lowest BCUT2D eigenvalue weighted by molar-refractivity contribution is 0.0935. The minimum Gasteiger partial charge on any atom is -0.349 e. The van der Waals surface area contributed by atoms with Gasteiger partial charge in [-0.2, -0.15) is 0 Å². The number of rotatable bonds is 4. The molecule has 2 aromatic carbocycles. The van der Waals surface area contributed by atoms with Crippen LogP contribution >= 0.6 is 15.9 Å². The second kappa shape index (κ2) is 6.80. The summed E-state index contributed by atoms with van der Waals surface area (Å²) in [5, 5.41) is 2.74. The van der Waals surface area contributed by atoms with E-state index in [0.29, 0.717) is 10.9 Å². The second-order valence-corrected chi connectivity index (χ2v) is 5.66. The van der Waals surface area contributed by atoms with Crippen LogP contribution in [0.3, 0.4) is 0 Å². The largest absolute Gasteiger partial charge is 0.349 e. The molecular weight excluding hydrogens is 340 g/mol. The van der Waals surface area contributed by atoms with E-state index in [2.05, 4.69) is 21.2 Å². The molecule has 0 bridgehead atoms. The van der Waals surface area contributed by atoms with Crippen LogP contribution in [-0.2, 0) is 6.42 Å². The van der Waals surface area contributed by atoms with Crippen LogP contribution in [-0.4, -0.2) is 11.9 Å². The molecule has 0 radical (unpaired) electrons. The molecule has 1 atom stereocenters. The van der Waals surface area contributed by atoms with Crippen LogP contribution in [0.4, 0.5) is 8.78 Å². The molecule has 0 saturated carbocycles. The number of nitrogens with one attached hydrogen (secondary N) is 1. The maximum Gasteiger partial charge on any atom is 0.255 e. The molecule has 0 saturated heterocycles. The number of hydrogen-bond donors (Lipinski definition) is 1. The smallest absolute Gasteiger partial charge is 0.255 e. The van der Waals surface area contributed by atoms with Crippen molar-refractivity contribution in [3.8, 4) is 0 Å². The molecule has 0 spiro atoms. The minimum absolute atomic E-state index is 0.0107. The highest BCUT2D eigenvalue weighted by Gasteiger charge is 2.17. The molecule has 0 aromatic heterocycles. The molecule has 5 heteroatoms. The molecule has 2 rings (SSSR count). The molecule has 0 fully saturated rings. The van der Waals surface area contributed by atoms with Gasteiger partial charge in [0.1, 0.15) is 11.6 Å². The zero-order valence-electron chi connectivity index (χ0n) is 11.4. The lowest BCUT2D eigenvalue weighted by atomic mass is 10.1. The third-order valence-corrected chi connectivity index (χ3v) is 3.68. The Hall–Kier alpha value is -1.75. The summed E-state index contributed by atoms with van der Waals surface area (Å²) >= 11 is 3.17. The second-order valence-electron chi connectivity index (χ2n) is 4.80. The Bertz CT molecular complexity index is 623. The van der Waals surface area contributed by atoms with Crippen molar-refractivity contribution in [3.05, 3.63) is 69.7 Å². The highest BCUT2D eigenvalue weighted by molar-refractivity contribution is 9.10. The van der Waals surface area contributed by atoms with E-state index >= 15 is 0 Å². The molecule has 0 aliphatic rings. The van der Waals surface area contributed by atoms with Crippen molar-refractivity contribution >= 4 is 21.8 Å². The van der Waals surface area contributed by atoms with E-state index in [1.54, 1.807) is 18.2 Å². The van der Waals surface area contributed by atoms with Gasteiger partial charge in [-0.1, -0.05) is 18.2 Å². The normalized spacial score (nSPS) is 12.0. The quantitative estimate of drug-likeness (QED) is 0.881. The fraction of sp³-hybridized carbons (Fsp3) is 0.188. The molecule has 2 nitrogen and oxygen atoms in total. The van der Waals surface area contributed by atoms with Gasteiger partial charge in [0.05, 0.1) is 5.56 Å². The van der Waals surface area contributed by atoms with Crippen LogP contribution in [0.15, 0.2) is 46.9 Å². The first kappa shape index (κ1) is 15.6. The lowest BCUT2D eigenvalue weighted by Gasteiger charge is -2.15. The van der Waals surface area contributed by atoms with E-state index in [1.165, 1.54) is 24.3 Å². The van der Waals surface area contributed by atoms with E-state index in [-0.39, 0.29) is 17.4 Å². The Morgan fingerprint density at radius 3 is 2.48 bits per heavy atom. The Labute approximate surface area is 130 Å². The molecule has 2 aromatic rings. The predicted molar refractivity (Wildman–Crippen MR) is 81.1 cm³/mol. The zero-order valence-corrected chi connectivity index (χ0v) is 13.0. The summed E-state index contributed by atoms with van der Waals surface area (Å²) in [7, 11) is 0. The van der Waals surface area contributed by atoms with Gasteiger partial charge in [0.2, 0.25) is 0 Å². The van der Waals surface area contributed by atoms with E-state index in [1.807, 2.05) is 6.92 Å². The van der Waals surface area contributed by atoms with Crippen LogP contribution in [0, 0.1) is 11.6 Å². The maximum atomic E-state index is 13.7. The van der Waals surface area contributed by atoms with E-state index in [0.717, 1.165) is 5.56 Å². The fourth-order valence-electron chi connectivity index (χ4n) is 2.04. The van der Waals surface area contributed by atoms with Gasteiger partial charge >= 0.3 is 0 Å². The van der Waals surface area contributed by atoms with Crippen molar-refractivity contribution in [3.63, 3.8) is 0 Å². The molecule has 0 aliphatic heterocycles. The summed E-state index contributed by atoms with van der Waals surface area (Å²) in [6.45, 7) is 1.82. The fourth-order valence-corrected chi connectivity index (χ4v) is 2.56. The first-order valence-corrected chi connectivity index (χ1v) is 7.26. The van der Waals surface area contributed by atoms with Crippen molar-refractivity contribution in [2.45, 2.75) is 19.4 Å². The maximum absolute atomic E-state index is 13.7. The average molecular weight is 354 g/mol. The van der Waals surface area contributed by atoms with Gasteiger partial charge in [0, 0.05) is 10.5 Å². The molecule has 110 valence electrons. The van der Waals surface area contributed by atoms with Crippen LogP contribution in [0.1, 0.15) is 22.8 Å². The topological polar surface area (TPSA) is 29.1 Å². The molecule has 0 heterocycles. The van der Waals surface area contributed by atoms with E-state index < -0.39 is 11.7 Å². The molecular formula is C16H14BrF2NO. The van der Waals surface area contributed by atoms with Crippen LogP contribution in [0.2, 0.25) is 0 Å². The highest BCUT2D eigenvalue weighted by Crippen LogP contribution is 2.19. The lowest BCUT2D eigenvalue weighted by Crippen LogP contribution is -2.34. The monoisotopic (exact) mass is 353 g/mol. The summed E-state index contributed by atoms with van der Waals surface area (Å²) in [6, 6.07) is 10.3. The number of carbonyl (C=O) groups excluding carboxylic acids is 1. The van der Waals surface area contributed by atoms with Gasteiger partial charge in [0.15, 0.2) is 0 Å². The van der Waals surface area contributed by atoms with Gasteiger partial charge in [0.25, 0.3) is 5.91 Å². The zero-order chi connectivity index (χ0) is 15.4. The Morgan fingerprint density at radius 2 is 1.86 bits per heavy atom. The molecule has 1 unspecified atom stereocenters. The Morgan fingerprint density at radius 1 is 1.19 bits per heavy atom. The third-order valence-electron chi connectivity index (χ3n) is 3.02. The van der Waals surface area contributed by atoms with Crippen LogP contribution in [0.5, 0.6) is 0 Å². The predicted octanol–water partition coefficient (Wildman–Crippen LogP) is 4.09. The summed E-state index contributed by atoms with van der Waals surface area (Å²) in [5.74, 6) is -1.35. The van der Waals surface area contributed by atoms with Gasteiger partial charge in [-0.3, -0.25) is 4.79 Å². The first-order valence-electron chi connectivity index (χ1n) is 6.46. The van der Waals surface area contributed by atoms with Crippen molar-refractivity contribution < 1.29 is 13.6 Å². The van der Waals surface area contributed by atoms with Crippen molar-refractivity contribution in [1.29, 1.82) is 0 Å². The number of hydrogen-bond acceptors (Lipinski definition) is 1. The SMILES string of the molecule is CC(Cc1ccc(F)cc1)NC(=O)c1c(F)cccc1Br. The molecule has 21 heavy (non-hydrogen) atoms.